The summed E-state index contributed by atoms with van der Waals surface area (Å²) in [6, 6.07) is 0. The molecule has 0 atom stereocenters. The molecule has 0 saturated heterocycles. The first kappa shape index (κ1) is 14.1. The summed E-state index contributed by atoms with van der Waals surface area (Å²) in [5, 5.41) is 14.1. The molecular weight excluding hydrogens is 230 g/mol. The quantitative estimate of drug-likeness (QED) is 0.374. The first-order valence-electron chi connectivity index (χ1n) is 5.77. The van der Waals surface area contributed by atoms with Gasteiger partial charge in [-0.15, -0.1) is 11.8 Å². The lowest BCUT2D eigenvalue weighted by molar-refractivity contribution is -0.386. The Bertz CT molecular complexity index is 501. The third-order valence-electron chi connectivity index (χ3n) is 2.65. The Morgan fingerprint density at radius 2 is 2.22 bits per heavy atom. The van der Waals surface area contributed by atoms with Gasteiger partial charge in [0.05, 0.1) is 10.6 Å². The van der Waals surface area contributed by atoms with Gasteiger partial charge in [-0.1, -0.05) is 0 Å². The van der Waals surface area contributed by atoms with E-state index < -0.39 is 0 Å². The number of nitro groups is 1. The fourth-order valence-electron chi connectivity index (χ4n) is 1.71. The van der Waals surface area contributed by atoms with Crippen LogP contribution >= 0.6 is 0 Å². The average molecular weight is 247 g/mol. The molecule has 1 rings (SSSR count). The molecule has 0 fully saturated rings. The second-order valence-electron chi connectivity index (χ2n) is 3.97. The molecular formula is C13H17N3O2. The van der Waals surface area contributed by atoms with Crippen LogP contribution in [0.5, 0.6) is 0 Å². The van der Waals surface area contributed by atoms with Crippen molar-refractivity contribution in [2.45, 2.75) is 33.7 Å². The van der Waals surface area contributed by atoms with Crippen LogP contribution in [0, 0.1) is 35.8 Å². The lowest BCUT2D eigenvalue weighted by atomic mass is 10.1. The van der Waals surface area contributed by atoms with Crippen molar-refractivity contribution >= 4 is 5.69 Å². The van der Waals surface area contributed by atoms with E-state index in [1.54, 1.807) is 27.0 Å². The molecule has 0 radical (unpaired) electrons. The van der Waals surface area contributed by atoms with E-state index in [-0.39, 0.29) is 10.6 Å². The molecule has 0 aliphatic rings. The van der Waals surface area contributed by atoms with E-state index in [0.717, 1.165) is 18.7 Å². The van der Waals surface area contributed by atoms with Crippen molar-refractivity contribution < 1.29 is 4.92 Å². The van der Waals surface area contributed by atoms with Crippen molar-refractivity contribution in [3.63, 3.8) is 0 Å². The Balaban J connectivity index is 2.74. The second-order valence-corrected chi connectivity index (χ2v) is 3.97. The maximum Gasteiger partial charge on any atom is 0.278 e. The summed E-state index contributed by atoms with van der Waals surface area (Å²) < 4.78 is 0. The molecule has 5 heteroatoms. The van der Waals surface area contributed by atoms with Gasteiger partial charge in [-0.3, -0.25) is 15.1 Å². The molecule has 1 heterocycles. The molecule has 0 bridgehead atoms. The van der Waals surface area contributed by atoms with Gasteiger partial charge in [-0.25, -0.2) is 0 Å². The molecule has 0 aromatic carbocycles. The largest absolute Gasteiger partial charge is 0.310 e. The van der Waals surface area contributed by atoms with Gasteiger partial charge < -0.3 is 5.32 Å². The Kier molecular flexibility index (Phi) is 5.28. The van der Waals surface area contributed by atoms with E-state index in [1.165, 1.54) is 0 Å². The molecule has 0 spiro atoms. The van der Waals surface area contributed by atoms with Gasteiger partial charge in [0.1, 0.15) is 0 Å². The fourth-order valence-corrected chi connectivity index (χ4v) is 1.71. The molecule has 0 aliphatic heterocycles. The molecule has 18 heavy (non-hydrogen) atoms. The third-order valence-corrected chi connectivity index (χ3v) is 2.65. The van der Waals surface area contributed by atoms with Crippen molar-refractivity contribution in [1.29, 1.82) is 0 Å². The first-order chi connectivity index (χ1) is 8.57. The highest BCUT2D eigenvalue weighted by Gasteiger charge is 2.18. The Labute approximate surface area is 107 Å². The predicted octanol–water partition coefficient (Wildman–Crippen LogP) is 2.11. The smallest absolute Gasteiger partial charge is 0.278 e. The predicted molar refractivity (Wildman–Crippen MR) is 70.1 cm³/mol. The number of nitrogens with zero attached hydrogens (tertiary/aromatic N) is 2. The van der Waals surface area contributed by atoms with E-state index in [9.17, 15) is 10.1 Å². The van der Waals surface area contributed by atoms with Gasteiger partial charge in [0.15, 0.2) is 0 Å². The fraction of sp³-hybridized carbons (Fsp3) is 0.462. The first-order valence-corrected chi connectivity index (χ1v) is 5.77. The molecule has 5 nitrogen and oxygen atoms in total. The molecule has 1 aromatic rings. The molecule has 96 valence electrons. The van der Waals surface area contributed by atoms with Crippen LogP contribution in [0.15, 0.2) is 6.20 Å². The molecule has 0 amide bonds. The Hall–Kier alpha value is -1.93. The number of aryl methyl sites for hydroxylation is 1. The van der Waals surface area contributed by atoms with Crippen LogP contribution in [0.3, 0.4) is 0 Å². The van der Waals surface area contributed by atoms with E-state index in [0.29, 0.717) is 17.7 Å². The van der Waals surface area contributed by atoms with Crippen LogP contribution in [-0.4, -0.2) is 16.5 Å². The summed E-state index contributed by atoms with van der Waals surface area (Å²) in [4.78, 5) is 14.8. The number of nitrogens with one attached hydrogen (secondary N) is 1. The monoisotopic (exact) mass is 247 g/mol. The minimum Gasteiger partial charge on any atom is -0.310 e. The van der Waals surface area contributed by atoms with Crippen LogP contribution in [0.1, 0.15) is 30.2 Å². The average Bonchev–Trinajstić information content (AvgIpc) is 2.31. The molecule has 0 saturated carbocycles. The lowest BCUT2D eigenvalue weighted by Crippen LogP contribution is -2.16. The van der Waals surface area contributed by atoms with Gasteiger partial charge in [0.2, 0.25) is 0 Å². The summed E-state index contributed by atoms with van der Waals surface area (Å²) in [5.74, 6) is 5.76. The van der Waals surface area contributed by atoms with Crippen LogP contribution < -0.4 is 5.32 Å². The van der Waals surface area contributed by atoms with E-state index in [4.69, 9.17) is 0 Å². The summed E-state index contributed by atoms with van der Waals surface area (Å²) >= 11 is 0. The van der Waals surface area contributed by atoms with Crippen LogP contribution in [-0.2, 0) is 6.54 Å². The zero-order valence-electron chi connectivity index (χ0n) is 10.9. The van der Waals surface area contributed by atoms with E-state index >= 15 is 0 Å². The van der Waals surface area contributed by atoms with Crippen LogP contribution in [0.2, 0.25) is 0 Å². The number of hydrogen-bond acceptors (Lipinski definition) is 4. The number of pyridine rings is 1. The van der Waals surface area contributed by atoms with Crippen molar-refractivity contribution in [3.05, 3.63) is 33.1 Å². The minimum atomic E-state index is -0.349. The highest BCUT2D eigenvalue weighted by Crippen LogP contribution is 2.23. The Morgan fingerprint density at radius 1 is 1.50 bits per heavy atom. The van der Waals surface area contributed by atoms with Gasteiger partial charge >= 0.3 is 0 Å². The SMILES string of the molecule is CC#CCCNCc1ncc(C)c([N+](=O)[O-])c1C. The van der Waals surface area contributed by atoms with Crippen LogP contribution in [0.4, 0.5) is 5.69 Å². The highest BCUT2D eigenvalue weighted by atomic mass is 16.6. The number of aromatic nitrogens is 1. The maximum absolute atomic E-state index is 10.9. The summed E-state index contributed by atoms with van der Waals surface area (Å²) in [7, 11) is 0. The molecule has 1 aromatic heterocycles. The van der Waals surface area contributed by atoms with E-state index in [2.05, 4.69) is 22.1 Å². The number of rotatable bonds is 5. The summed E-state index contributed by atoms with van der Waals surface area (Å²) in [6.07, 6.45) is 2.32. The van der Waals surface area contributed by atoms with Gasteiger partial charge in [0.25, 0.3) is 5.69 Å². The van der Waals surface area contributed by atoms with Crippen molar-refractivity contribution in [1.82, 2.24) is 10.3 Å². The maximum atomic E-state index is 10.9. The zero-order valence-corrected chi connectivity index (χ0v) is 10.9. The van der Waals surface area contributed by atoms with E-state index in [1.807, 2.05) is 0 Å². The third kappa shape index (κ3) is 3.54. The van der Waals surface area contributed by atoms with Crippen LogP contribution in [0.25, 0.3) is 0 Å². The van der Waals surface area contributed by atoms with Gasteiger partial charge in [0, 0.05) is 36.8 Å². The molecule has 1 N–H and O–H groups in total. The normalized spacial score (nSPS) is 9.72. The Morgan fingerprint density at radius 3 is 2.83 bits per heavy atom. The molecule has 0 aliphatic carbocycles. The van der Waals surface area contributed by atoms with Gasteiger partial charge in [-0.2, -0.15) is 0 Å². The molecule has 0 unspecified atom stereocenters. The topological polar surface area (TPSA) is 68.1 Å². The van der Waals surface area contributed by atoms with Crippen molar-refractivity contribution in [2.75, 3.05) is 6.54 Å². The zero-order chi connectivity index (χ0) is 13.5. The standard InChI is InChI=1S/C13H17N3O2/c1-4-5-6-7-14-9-12-11(3)13(16(17)18)10(2)8-15-12/h8,14H,6-7,9H2,1-3H3. The highest BCUT2D eigenvalue weighted by molar-refractivity contribution is 5.47. The second kappa shape index (κ2) is 6.72. The lowest BCUT2D eigenvalue weighted by Gasteiger charge is -2.07. The van der Waals surface area contributed by atoms with Gasteiger partial charge in [-0.05, 0) is 20.8 Å². The summed E-state index contributed by atoms with van der Waals surface area (Å²) in [6.45, 7) is 6.52. The van der Waals surface area contributed by atoms with Crippen molar-refractivity contribution in [3.8, 4) is 11.8 Å². The van der Waals surface area contributed by atoms with Crippen molar-refractivity contribution in [2.24, 2.45) is 0 Å². The number of hydrogen-bond donors (Lipinski definition) is 1. The summed E-state index contributed by atoms with van der Waals surface area (Å²) in [5.41, 5.74) is 2.11. The minimum absolute atomic E-state index is 0.162.